The fourth-order valence-corrected chi connectivity index (χ4v) is 3.73. The number of phenols is 6. The first-order chi connectivity index (χ1) is 10.5. The zero-order valence-electron chi connectivity index (χ0n) is 10.8. The molecule has 2 aromatic carbocycles. The van der Waals surface area contributed by atoms with E-state index in [0.29, 0.717) is 12.1 Å². The molecule has 0 aliphatic carbocycles. The minimum Gasteiger partial charge on any atom is -0.503 e. The maximum Gasteiger partial charge on any atom is 0.214 e. The van der Waals surface area contributed by atoms with Crippen LogP contribution in [0.5, 0.6) is 34.5 Å². The third-order valence-corrected chi connectivity index (χ3v) is 5.27. The lowest BCUT2D eigenvalue weighted by Crippen LogP contribution is -2.03. The fourth-order valence-electron chi connectivity index (χ4n) is 1.72. The predicted octanol–water partition coefficient (Wildman–Crippen LogP) is 2.06. The molecule has 0 unspecified atom stereocenters. The second kappa shape index (κ2) is 5.44. The van der Waals surface area contributed by atoms with Crippen LogP contribution in [0.15, 0.2) is 21.9 Å². The van der Waals surface area contributed by atoms with Crippen LogP contribution in [-0.4, -0.2) is 39.1 Å². The molecule has 8 nitrogen and oxygen atoms in total. The molecule has 124 valence electrons. The van der Waals surface area contributed by atoms with Crippen molar-refractivity contribution < 1.29 is 39.1 Å². The third-order valence-electron chi connectivity index (χ3n) is 2.91. The van der Waals surface area contributed by atoms with Crippen molar-refractivity contribution in [3.8, 4) is 34.5 Å². The maximum absolute atomic E-state index is 12.5. The number of hydrogen-bond donors (Lipinski definition) is 6. The minimum atomic E-state index is -4.73. The summed E-state index contributed by atoms with van der Waals surface area (Å²) in [5.41, 5.74) is 0. The lowest BCUT2D eigenvalue weighted by Gasteiger charge is -2.13. The molecular formula is C12H8Cl2O8S. The number of rotatable bonds is 2. The molecule has 0 spiro atoms. The molecule has 6 N–H and O–H groups in total. The summed E-state index contributed by atoms with van der Waals surface area (Å²) in [6.07, 6.45) is 0. The quantitative estimate of drug-likeness (QED) is 0.431. The Kier molecular flexibility index (Phi) is 4.05. The molecule has 23 heavy (non-hydrogen) atoms. The molecular weight excluding hydrogens is 375 g/mol. The number of benzene rings is 2. The minimum absolute atomic E-state index is 0.590. The number of halogens is 2. The third kappa shape index (κ3) is 2.52. The zero-order chi connectivity index (χ0) is 17.7. The van der Waals surface area contributed by atoms with E-state index >= 15 is 0 Å². The molecule has 2 rings (SSSR count). The summed E-state index contributed by atoms with van der Waals surface area (Å²) in [7, 11) is -4.73. The van der Waals surface area contributed by atoms with Crippen molar-refractivity contribution >= 4 is 33.0 Å². The number of hydrogen-bond acceptors (Lipinski definition) is 8. The normalized spacial score (nSPS) is 11.6. The monoisotopic (exact) mass is 382 g/mol. The first kappa shape index (κ1) is 17.1. The summed E-state index contributed by atoms with van der Waals surface area (Å²) < 4.78 is 25.0. The van der Waals surface area contributed by atoms with E-state index < -0.39 is 64.2 Å². The zero-order valence-corrected chi connectivity index (χ0v) is 13.1. The van der Waals surface area contributed by atoms with Gasteiger partial charge in [-0.25, -0.2) is 8.42 Å². The summed E-state index contributed by atoms with van der Waals surface area (Å²) in [4.78, 5) is -1.93. The highest BCUT2D eigenvalue weighted by atomic mass is 35.5. The number of phenolic OH excluding ortho intramolecular Hbond substituents is 6. The van der Waals surface area contributed by atoms with Crippen LogP contribution in [0.1, 0.15) is 0 Å². The Morgan fingerprint density at radius 1 is 0.609 bits per heavy atom. The van der Waals surface area contributed by atoms with E-state index in [1.807, 2.05) is 0 Å². The van der Waals surface area contributed by atoms with Crippen molar-refractivity contribution in [1.82, 2.24) is 0 Å². The standard InChI is InChI=1S/C12H8Cl2O8S/c13-3-1-5(9(17)11(19)7(3)15)23(21,22)6-2-4(14)8(16)12(20)10(6)18/h1-2,15-20H. The van der Waals surface area contributed by atoms with Gasteiger partial charge in [0.15, 0.2) is 23.0 Å². The van der Waals surface area contributed by atoms with Crippen LogP contribution >= 0.6 is 23.2 Å². The maximum atomic E-state index is 12.5. The topological polar surface area (TPSA) is 156 Å². The van der Waals surface area contributed by atoms with Crippen molar-refractivity contribution in [1.29, 1.82) is 0 Å². The number of aromatic hydroxyl groups is 6. The molecule has 0 atom stereocenters. The van der Waals surface area contributed by atoms with Crippen molar-refractivity contribution in [2.24, 2.45) is 0 Å². The van der Waals surface area contributed by atoms with Crippen molar-refractivity contribution in [3.63, 3.8) is 0 Å². The summed E-state index contributed by atoms with van der Waals surface area (Å²) >= 11 is 11.1. The first-order valence-corrected chi connectivity index (χ1v) is 7.85. The molecule has 0 aliphatic rings. The van der Waals surface area contributed by atoms with Gasteiger partial charge < -0.3 is 30.6 Å². The van der Waals surface area contributed by atoms with Crippen LogP contribution in [-0.2, 0) is 9.84 Å². The van der Waals surface area contributed by atoms with Gasteiger partial charge in [-0.2, -0.15) is 0 Å². The van der Waals surface area contributed by atoms with Crippen LogP contribution in [0, 0.1) is 0 Å². The Labute approximate surface area is 138 Å². The molecule has 0 bridgehead atoms. The molecule has 0 aliphatic heterocycles. The van der Waals surface area contributed by atoms with Gasteiger partial charge in [0.05, 0.1) is 10.0 Å². The Morgan fingerprint density at radius 2 is 0.913 bits per heavy atom. The predicted molar refractivity (Wildman–Crippen MR) is 78.3 cm³/mol. The highest BCUT2D eigenvalue weighted by Gasteiger charge is 2.32. The van der Waals surface area contributed by atoms with E-state index in [-0.39, 0.29) is 0 Å². The summed E-state index contributed by atoms with van der Waals surface area (Å²) in [6.45, 7) is 0. The van der Waals surface area contributed by atoms with Gasteiger partial charge in [-0.05, 0) is 12.1 Å². The Hall–Kier alpha value is -2.23. The lowest BCUT2D eigenvalue weighted by molar-refractivity contribution is 0.358. The molecule has 0 heterocycles. The van der Waals surface area contributed by atoms with Crippen LogP contribution < -0.4 is 0 Å². The molecule has 0 saturated heterocycles. The molecule has 11 heteroatoms. The highest BCUT2D eigenvalue weighted by Crippen LogP contribution is 2.50. The Bertz CT molecular complexity index is 854. The van der Waals surface area contributed by atoms with Gasteiger partial charge >= 0.3 is 0 Å². The lowest BCUT2D eigenvalue weighted by atomic mass is 10.3. The van der Waals surface area contributed by atoms with E-state index in [4.69, 9.17) is 23.2 Å². The van der Waals surface area contributed by atoms with Gasteiger partial charge in [0.1, 0.15) is 9.79 Å². The van der Waals surface area contributed by atoms with Crippen molar-refractivity contribution in [2.45, 2.75) is 9.79 Å². The first-order valence-electron chi connectivity index (χ1n) is 5.62. The van der Waals surface area contributed by atoms with Crippen molar-refractivity contribution in [3.05, 3.63) is 22.2 Å². The van der Waals surface area contributed by atoms with Crippen LogP contribution in [0.25, 0.3) is 0 Å². The second-order valence-corrected chi connectivity index (χ2v) is 7.01. The van der Waals surface area contributed by atoms with Gasteiger partial charge in [0.25, 0.3) is 0 Å². The molecule has 2 aromatic rings. The van der Waals surface area contributed by atoms with Gasteiger partial charge in [0.2, 0.25) is 21.3 Å². The average Bonchev–Trinajstić information content (AvgIpc) is 2.49. The summed E-state index contributed by atoms with van der Waals surface area (Å²) in [5, 5.41) is 55.9. The van der Waals surface area contributed by atoms with Crippen LogP contribution in [0.2, 0.25) is 10.0 Å². The van der Waals surface area contributed by atoms with E-state index in [0.717, 1.165) is 0 Å². The largest absolute Gasteiger partial charge is 0.503 e. The second-order valence-electron chi connectivity index (χ2n) is 4.31. The SMILES string of the molecule is O=S(=O)(c1cc(Cl)c(O)c(O)c1O)c1cc(Cl)c(O)c(O)c1O. The number of sulfone groups is 1. The van der Waals surface area contributed by atoms with Gasteiger partial charge in [0, 0.05) is 0 Å². The van der Waals surface area contributed by atoms with Crippen LogP contribution in [0.3, 0.4) is 0 Å². The Balaban J connectivity index is 2.85. The van der Waals surface area contributed by atoms with Gasteiger partial charge in [-0.3, -0.25) is 0 Å². The molecule has 0 aromatic heterocycles. The van der Waals surface area contributed by atoms with Crippen molar-refractivity contribution in [2.75, 3.05) is 0 Å². The van der Waals surface area contributed by atoms with Gasteiger partial charge in [-0.1, -0.05) is 23.2 Å². The highest BCUT2D eigenvalue weighted by molar-refractivity contribution is 7.91. The summed E-state index contributed by atoms with van der Waals surface area (Å²) in [5.74, 6) is -6.72. The average molecular weight is 383 g/mol. The smallest absolute Gasteiger partial charge is 0.214 e. The van der Waals surface area contributed by atoms with E-state index in [1.54, 1.807) is 0 Å². The summed E-state index contributed by atoms with van der Waals surface area (Å²) in [6, 6.07) is 1.25. The van der Waals surface area contributed by atoms with Crippen LogP contribution in [0.4, 0.5) is 0 Å². The van der Waals surface area contributed by atoms with E-state index in [1.165, 1.54) is 0 Å². The van der Waals surface area contributed by atoms with Gasteiger partial charge in [-0.15, -0.1) is 0 Å². The molecule has 0 saturated carbocycles. The van der Waals surface area contributed by atoms with E-state index in [9.17, 15) is 39.1 Å². The Morgan fingerprint density at radius 3 is 1.22 bits per heavy atom. The van der Waals surface area contributed by atoms with E-state index in [2.05, 4.69) is 0 Å². The molecule has 0 radical (unpaired) electrons. The molecule has 0 amide bonds. The molecule has 0 fully saturated rings. The fraction of sp³-hybridized carbons (Fsp3) is 0.